The van der Waals surface area contributed by atoms with Gasteiger partial charge in [-0.25, -0.2) is 4.90 Å². The van der Waals surface area contributed by atoms with Crippen LogP contribution < -0.4 is 0 Å². The van der Waals surface area contributed by atoms with Crippen LogP contribution >= 0.6 is 0 Å². The topological polar surface area (TPSA) is 63.9 Å². The van der Waals surface area contributed by atoms with Crippen LogP contribution in [0.25, 0.3) is 0 Å². The molecule has 14 heavy (non-hydrogen) atoms. The molecule has 0 aliphatic carbocycles. The molecular weight excluding hydrogens is 235 g/mol. The van der Waals surface area contributed by atoms with Crippen molar-refractivity contribution in [1.29, 1.82) is 0 Å². The van der Waals surface area contributed by atoms with E-state index in [2.05, 4.69) is 0 Å². The molecule has 0 radical (unpaired) electrons. The molecule has 0 atom stereocenters. The van der Waals surface area contributed by atoms with Crippen molar-refractivity contribution in [3.05, 3.63) is 0 Å². The van der Waals surface area contributed by atoms with Gasteiger partial charge in [0.25, 0.3) is 0 Å². The van der Waals surface area contributed by atoms with E-state index in [1.54, 1.807) is 0 Å². The summed E-state index contributed by atoms with van der Waals surface area (Å²) in [5, 5.41) is 29.3. The number of hydrogen-bond acceptors (Lipinski definition) is 4. The van der Waals surface area contributed by atoms with Crippen LogP contribution in [-0.4, -0.2) is 37.4 Å². The Labute approximate surface area is 98.7 Å². The molecule has 0 bridgehead atoms. The average molecular weight is 257 g/mol. The van der Waals surface area contributed by atoms with Gasteiger partial charge in [0.15, 0.2) is 0 Å². The van der Waals surface area contributed by atoms with Crippen LogP contribution in [0, 0.1) is 0 Å². The second-order valence-electron chi connectivity index (χ2n) is 4.82. The van der Waals surface area contributed by atoms with E-state index in [4.69, 9.17) is 0 Å². The Hall–Kier alpha value is 0.463. The van der Waals surface area contributed by atoms with Gasteiger partial charge in [-0.15, -0.1) is 0 Å². The molecule has 3 N–H and O–H groups in total. The number of nitrogens with zero attached hydrogens (tertiary/aromatic N) is 1. The summed E-state index contributed by atoms with van der Waals surface area (Å²) < 4.78 is 0. The third kappa shape index (κ3) is 4.80. The first-order valence-electron chi connectivity index (χ1n) is 4.34. The minimum absolute atomic E-state index is 0. The Morgan fingerprint density at radius 2 is 0.786 bits per heavy atom. The average Bonchev–Trinajstić information content (AvgIpc) is 1.44. The quantitative estimate of drug-likeness (QED) is 0.507. The minimum Gasteiger partial charge on any atom is -0.376 e. The Kier molecular flexibility index (Phi) is 5.47. The predicted octanol–water partition coefficient (Wildman–Crippen LogP) is 0.471. The van der Waals surface area contributed by atoms with Crippen LogP contribution in [0.1, 0.15) is 41.5 Å². The standard InChI is InChI=1S/C9H21NO3.Zn/c1-7(2,11)10(8(3,4)12)9(5,6)13;/h11-13H,1-6H3;. The summed E-state index contributed by atoms with van der Waals surface area (Å²) in [6.45, 7) is 9.10. The zero-order valence-electron chi connectivity index (χ0n) is 10.00. The van der Waals surface area contributed by atoms with Crippen LogP contribution in [0.15, 0.2) is 0 Å². The van der Waals surface area contributed by atoms with Crippen molar-refractivity contribution >= 4 is 0 Å². The van der Waals surface area contributed by atoms with Crippen molar-refractivity contribution < 1.29 is 34.8 Å². The van der Waals surface area contributed by atoms with Crippen LogP contribution in [0.3, 0.4) is 0 Å². The van der Waals surface area contributed by atoms with Gasteiger partial charge in [0.05, 0.1) is 0 Å². The summed E-state index contributed by atoms with van der Waals surface area (Å²) in [5.74, 6) is 0. The third-order valence-corrected chi connectivity index (χ3v) is 1.64. The van der Waals surface area contributed by atoms with Crippen molar-refractivity contribution in [3.8, 4) is 0 Å². The Bertz CT molecular complexity index is 143. The van der Waals surface area contributed by atoms with Crippen molar-refractivity contribution in [3.63, 3.8) is 0 Å². The van der Waals surface area contributed by atoms with Crippen molar-refractivity contribution in [2.24, 2.45) is 0 Å². The van der Waals surface area contributed by atoms with Gasteiger partial charge in [0.2, 0.25) is 0 Å². The molecule has 0 aromatic heterocycles. The second kappa shape index (κ2) is 4.54. The van der Waals surface area contributed by atoms with E-state index in [9.17, 15) is 15.3 Å². The first-order valence-corrected chi connectivity index (χ1v) is 4.34. The van der Waals surface area contributed by atoms with Crippen LogP contribution in [0.4, 0.5) is 0 Å². The molecule has 0 heterocycles. The Morgan fingerprint density at radius 1 is 0.643 bits per heavy atom. The molecule has 0 saturated carbocycles. The molecule has 0 saturated heterocycles. The maximum atomic E-state index is 9.75. The van der Waals surface area contributed by atoms with Crippen molar-refractivity contribution in [1.82, 2.24) is 4.90 Å². The van der Waals surface area contributed by atoms with E-state index in [0.717, 1.165) is 0 Å². The summed E-state index contributed by atoms with van der Waals surface area (Å²) in [7, 11) is 0. The van der Waals surface area contributed by atoms with E-state index in [1.165, 1.54) is 46.4 Å². The largest absolute Gasteiger partial charge is 0.376 e. The smallest absolute Gasteiger partial charge is 0.117 e. The van der Waals surface area contributed by atoms with Gasteiger partial charge in [-0.2, -0.15) is 0 Å². The fraction of sp³-hybridized carbons (Fsp3) is 1.00. The summed E-state index contributed by atoms with van der Waals surface area (Å²) in [5.41, 5.74) is -3.84. The molecule has 0 aromatic carbocycles. The number of aliphatic hydroxyl groups is 3. The van der Waals surface area contributed by atoms with E-state index in [0.29, 0.717) is 0 Å². The molecule has 0 unspecified atom stereocenters. The maximum Gasteiger partial charge on any atom is 0.117 e. The van der Waals surface area contributed by atoms with Crippen molar-refractivity contribution in [2.75, 3.05) is 0 Å². The molecule has 0 rings (SSSR count). The molecule has 0 fully saturated rings. The normalized spacial score (nSPS) is 14.1. The van der Waals surface area contributed by atoms with Gasteiger partial charge in [-0.05, 0) is 41.5 Å². The summed E-state index contributed by atoms with van der Waals surface area (Å²) in [4.78, 5) is 1.23. The van der Waals surface area contributed by atoms with E-state index in [1.807, 2.05) is 0 Å². The molecule has 0 aromatic rings. The monoisotopic (exact) mass is 255 g/mol. The number of hydrogen-bond donors (Lipinski definition) is 3. The zero-order valence-corrected chi connectivity index (χ0v) is 13.0. The van der Waals surface area contributed by atoms with Gasteiger partial charge >= 0.3 is 0 Å². The summed E-state index contributed by atoms with van der Waals surface area (Å²) in [6.07, 6.45) is 0. The molecule has 0 amide bonds. The van der Waals surface area contributed by atoms with Gasteiger partial charge < -0.3 is 15.3 Å². The molecule has 0 aliphatic heterocycles. The van der Waals surface area contributed by atoms with Gasteiger partial charge in [-0.1, -0.05) is 0 Å². The molecule has 0 spiro atoms. The summed E-state index contributed by atoms with van der Waals surface area (Å²) >= 11 is 0. The first kappa shape index (κ1) is 16.9. The Morgan fingerprint density at radius 3 is 0.786 bits per heavy atom. The molecule has 82 valence electrons. The fourth-order valence-corrected chi connectivity index (χ4v) is 2.01. The van der Waals surface area contributed by atoms with Gasteiger partial charge in [0.1, 0.15) is 17.2 Å². The van der Waals surface area contributed by atoms with E-state index < -0.39 is 17.2 Å². The van der Waals surface area contributed by atoms with Gasteiger partial charge in [-0.3, -0.25) is 0 Å². The zero-order chi connectivity index (χ0) is 11.1. The molecule has 0 aliphatic rings. The van der Waals surface area contributed by atoms with Crippen LogP contribution in [0.5, 0.6) is 0 Å². The van der Waals surface area contributed by atoms with Crippen LogP contribution in [0.2, 0.25) is 0 Å². The molecular formula is C9H21NO3Zn. The number of rotatable bonds is 3. The SMILES string of the molecule is CC(C)(O)N(C(C)(C)O)C(C)(C)O.[Zn]. The molecule has 5 heteroatoms. The van der Waals surface area contributed by atoms with Crippen molar-refractivity contribution in [2.45, 2.75) is 58.7 Å². The van der Waals surface area contributed by atoms with E-state index in [-0.39, 0.29) is 19.5 Å². The van der Waals surface area contributed by atoms with E-state index >= 15 is 0 Å². The predicted molar refractivity (Wildman–Crippen MR) is 50.7 cm³/mol. The fourth-order valence-electron chi connectivity index (χ4n) is 2.01. The molecule has 4 nitrogen and oxygen atoms in total. The maximum absolute atomic E-state index is 9.75. The first-order chi connectivity index (χ1) is 5.37. The third-order valence-electron chi connectivity index (χ3n) is 1.64. The minimum atomic E-state index is -1.28. The Balaban J connectivity index is 0. The van der Waals surface area contributed by atoms with Gasteiger partial charge in [0, 0.05) is 19.5 Å². The second-order valence-corrected chi connectivity index (χ2v) is 4.82. The summed E-state index contributed by atoms with van der Waals surface area (Å²) in [6, 6.07) is 0. The van der Waals surface area contributed by atoms with Crippen LogP contribution in [-0.2, 0) is 19.5 Å².